The summed E-state index contributed by atoms with van der Waals surface area (Å²) in [5.41, 5.74) is 2.39. The average Bonchev–Trinajstić information content (AvgIpc) is 3.20. The van der Waals surface area contributed by atoms with E-state index in [1.54, 1.807) is 41.3 Å². The number of fused-ring (bicyclic) bond motifs is 1. The van der Waals surface area contributed by atoms with Crippen molar-refractivity contribution in [2.45, 2.75) is 13.8 Å². The van der Waals surface area contributed by atoms with Crippen LogP contribution in [0.4, 0.5) is 4.39 Å². The van der Waals surface area contributed by atoms with Crippen molar-refractivity contribution in [3.63, 3.8) is 0 Å². The SMILES string of the molecule is CCN(CC)C(=O)CNC(=O)c1ccc2n[nH]c(C=Cc3ccc(F)cc3)c2c1OC. The van der Waals surface area contributed by atoms with Crippen molar-refractivity contribution in [3.05, 3.63) is 59.0 Å². The van der Waals surface area contributed by atoms with Gasteiger partial charge in [0.2, 0.25) is 5.91 Å². The third-order valence-electron chi connectivity index (χ3n) is 4.98. The molecule has 8 heteroatoms. The molecule has 3 rings (SSSR count). The van der Waals surface area contributed by atoms with Crippen molar-refractivity contribution in [1.29, 1.82) is 0 Å². The smallest absolute Gasteiger partial charge is 0.255 e. The Labute approximate surface area is 179 Å². The van der Waals surface area contributed by atoms with Crippen molar-refractivity contribution >= 4 is 34.9 Å². The molecule has 0 unspecified atom stereocenters. The minimum absolute atomic E-state index is 0.0928. The van der Waals surface area contributed by atoms with Gasteiger partial charge in [-0.05, 0) is 49.8 Å². The van der Waals surface area contributed by atoms with E-state index in [0.29, 0.717) is 41.0 Å². The summed E-state index contributed by atoms with van der Waals surface area (Å²) in [6, 6.07) is 9.42. The first kappa shape index (κ1) is 22.0. The Kier molecular flexibility index (Phi) is 7.02. The maximum Gasteiger partial charge on any atom is 0.255 e. The van der Waals surface area contributed by atoms with Crippen molar-refractivity contribution in [1.82, 2.24) is 20.4 Å². The second-order valence-electron chi connectivity index (χ2n) is 6.81. The highest BCUT2D eigenvalue weighted by Gasteiger charge is 2.20. The fourth-order valence-corrected chi connectivity index (χ4v) is 3.31. The predicted molar refractivity (Wildman–Crippen MR) is 118 cm³/mol. The molecule has 0 aliphatic rings. The molecule has 0 fully saturated rings. The van der Waals surface area contributed by atoms with E-state index in [1.807, 2.05) is 13.8 Å². The van der Waals surface area contributed by atoms with Crippen LogP contribution < -0.4 is 10.1 Å². The number of amides is 2. The number of hydrogen-bond acceptors (Lipinski definition) is 4. The minimum Gasteiger partial charge on any atom is -0.495 e. The van der Waals surface area contributed by atoms with Gasteiger partial charge in [0.25, 0.3) is 5.91 Å². The van der Waals surface area contributed by atoms with Crippen LogP contribution in [0.15, 0.2) is 36.4 Å². The Hall–Kier alpha value is -3.68. The molecule has 0 saturated carbocycles. The summed E-state index contributed by atoms with van der Waals surface area (Å²) in [6.07, 6.45) is 3.60. The molecule has 162 valence electrons. The fourth-order valence-electron chi connectivity index (χ4n) is 3.31. The molecule has 0 aliphatic heterocycles. The zero-order valence-electron chi connectivity index (χ0n) is 17.7. The summed E-state index contributed by atoms with van der Waals surface area (Å²) in [4.78, 5) is 26.6. The summed E-state index contributed by atoms with van der Waals surface area (Å²) < 4.78 is 18.6. The normalized spacial score (nSPS) is 11.1. The summed E-state index contributed by atoms with van der Waals surface area (Å²) in [6.45, 7) is 4.85. The number of hydrogen-bond donors (Lipinski definition) is 2. The van der Waals surface area contributed by atoms with E-state index in [2.05, 4.69) is 15.5 Å². The van der Waals surface area contributed by atoms with Crippen molar-refractivity contribution in [3.8, 4) is 5.75 Å². The Morgan fingerprint density at radius 3 is 2.48 bits per heavy atom. The summed E-state index contributed by atoms with van der Waals surface area (Å²) >= 11 is 0. The Morgan fingerprint density at radius 1 is 1.13 bits per heavy atom. The molecular weight excluding hydrogens is 399 g/mol. The first-order valence-electron chi connectivity index (χ1n) is 10.0. The maximum absolute atomic E-state index is 13.1. The van der Waals surface area contributed by atoms with Crippen molar-refractivity contribution in [2.24, 2.45) is 0 Å². The molecule has 0 atom stereocenters. The molecule has 1 aromatic heterocycles. The number of carbonyl (C=O) groups excluding carboxylic acids is 2. The number of ether oxygens (including phenoxy) is 1. The standard InChI is InChI=1S/C23H25FN4O3/c1-4-28(5-2)20(29)14-25-23(30)17-11-13-19-21(22(17)31-3)18(26-27-19)12-8-15-6-9-16(24)10-7-15/h6-13H,4-5,14H2,1-3H3,(H,25,30)(H,26,27). The van der Waals surface area contributed by atoms with Crippen LogP contribution in [0.2, 0.25) is 0 Å². The number of nitrogens with one attached hydrogen (secondary N) is 2. The molecule has 1 heterocycles. The summed E-state index contributed by atoms with van der Waals surface area (Å²) in [5.74, 6) is -0.503. The molecule has 0 saturated heterocycles. The van der Waals surface area contributed by atoms with Crippen LogP contribution in [0.5, 0.6) is 5.75 Å². The first-order valence-corrected chi connectivity index (χ1v) is 10.0. The van der Waals surface area contributed by atoms with Crippen LogP contribution in [0.3, 0.4) is 0 Å². The van der Waals surface area contributed by atoms with Crippen molar-refractivity contribution < 1.29 is 18.7 Å². The predicted octanol–water partition coefficient (Wildman–Crippen LogP) is 3.48. The molecule has 0 spiro atoms. The highest BCUT2D eigenvalue weighted by Crippen LogP contribution is 2.32. The Bertz CT molecular complexity index is 1100. The number of likely N-dealkylation sites (N-methyl/N-ethyl adjacent to an activating group) is 1. The number of aromatic amines is 1. The number of nitrogens with zero attached hydrogens (tertiary/aromatic N) is 2. The van der Waals surface area contributed by atoms with Gasteiger partial charge in [-0.1, -0.05) is 18.2 Å². The van der Waals surface area contributed by atoms with Gasteiger partial charge in [0, 0.05) is 13.1 Å². The van der Waals surface area contributed by atoms with E-state index < -0.39 is 5.91 Å². The number of benzene rings is 2. The minimum atomic E-state index is -0.408. The van der Waals surface area contributed by atoms with Gasteiger partial charge in [-0.25, -0.2) is 4.39 Å². The summed E-state index contributed by atoms with van der Waals surface area (Å²) in [7, 11) is 1.48. The number of rotatable bonds is 8. The van der Waals surface area contributed by atoms with Crippen LogP contribution in [0.1, 0.15) is 35.5 Å². The number of halogens is 1. The van der Waals surface area contributed by atoms with E-state index in [0.717, 1.165) is 5.56 Å². The second kappa shape index (κ2) is 9.88. The number of aromatic nitrogens is 2. The molecule has 2 amide bonds. The van der Waals surface area contributed by atoms with E-state index in [-0.39, 0.29) is 18.3 Å². The molecule has 0 aliphatic carbocycles. The maximum atomic E-state index is 13.1. The topological polar surface area (TPSA) is 87.3 Å². The molecule has 31 heavy (non-hydrogen) atoms. The lowest BCUT2D eigenvalue weighted by molar-refractivity contribution is -0.129. The lowest BCUT2D eigenvalue weighted by atomic mass is 10.1. The van der Waals surface area contributed by atoms with Gasteiger partial charge in [0.05, 0.1) is 35.8 Å². The van der Waals surface area contributed by atoms with Crippen LogP contribution in [0.25, 0.3) is 23.1 Å². The van der Waals surface area contributed by atoms with Gasteiger partial charge in [-0.15, -0.1) is 0 Å². The first-order chi connectivity index (χ1) is 15.0. The van der Waals surface area contributed by atoms with Gasteiger partial charge in [-0.3, -0.25) is 14.7 Å². The highest BCUT2D eigenvalue weighted by molar-refractivity contribution is 6.06. The number of H-pyrrole nitrogens is 1. The van der Waals surface area contributed by atoms with Gasteiger partial charge in [0.1, 0.15) is 11.6 Å². The van der Waals surface area contributed by atoms with Gasteiger partial charge in [-0.2, -0.15) is 5.10 Å². The second-order valence-corrected chi connectivity index (χ2v) is 6.81. The molecule has 0 bridgehead atoms. The van der Waals surface area contributed by atoms with E-state index >= 15 is 0 Å². The summed E-state index contributed by atoms with van der Waals surface area (Å²) in [5, 5.41) is 10.5. The molecular formula is C23H25FN4O3. The third kappa shape index (κ3) is 4.91. The molecule has 3 aromatic rings. The zero-order valence-corrected chi connectivity index (χ0v) is 17.7. The third-order valence-corrected chi connectivity index (χ3v) is 4.98. The van der Waals surface area contributed by atoms with Crippen LogP contribution in [-0.2, 0) is 4.79 Å². The Morgan fingerprint density at radius 2 is 1.84 bits per heavy atom. The van der Waals surface area contributed by atoms with Gasteiger partial charge in [0.15, 0.2) is 0 Å². The Balaban J connectivity index is 1.88. The van der Waals surface area contributed by atoms with Crippen LogP contribution in [-0.4, -0.2) is 53.7 Å². The monoisotopic (exact) mass is 424 g/mol. The molecule has 2 aromatic carbocycles. The van der Waals surface area contributed by atoms with E-state index in [1.165, 1.54) is 19.2 Å². The zero-order chi connectivity index (χ0) is 22.4. The lowest BCUT2D eigenvalue weighted by Crippen LogP contribution is -2.40. The highest BCUT2D eigenvalue weighted by atomic mass is 19.1. The van der Waals surface area contributed by atoms with Crippen LogP contribution in [0, 0.1) is 5.82 Å². The van der Waals surface area contributed by atoms with Gasteiger partial charge < -0.3 is 15.0 Å². The van der Waals surface area contributed by atoms with E-state index in [4.69, 9.17) is 4.74 Å². The molecule has 0 radical (unpaired) electrons. The fraction of sp³-hybridized carbons (Fsp3) is 0.261. The van der Waals surface area contributed by atoms with E-state index in [9.17, 15) is 14.0 Å². The molecule has 2 N–H and O–H groups in total. The quantitative estimate of drug-likeness (QED) is 0.580. The lowest BCUT2D eigenvalue weighted by Gasteiger charge is -2.19. The van der Waals surface area contributed by atoms with Gasteiger partial charge >= 0.3 is 0 Å². The number of carbonyl (C=O) groups is 2. The number of methoxy groups -OCH3 is 1. The largest absolute Gasteiger partial charge is 0.495 e. The van der Waals surface area contributed by atoms with Crippen LogP contribution >= 0.6 is 0 Å². The molecule has 7 nitrogen and oxygen atoms in total. The van der Waals surface area contributed by atoms with Crippen molar-refractivity contribution in [2.75, 3.05) is 26.7 Å². The average molecular weight is 424 g/mol.